The molecule has 1 rings (SSSR count). The van der Waals surface area contributed by atoms with Crippen LogP contribution in [-0.4, -0.2) is 35.2 Å². The fourth-order valence-corrected chi connectivity index (χ4v) is 1.65. The molecule has 0 aliphatic carbocycles. The maximum Gasteiger partial charge on any atom is 0.573 e. The number of ether oxygens (including phenoxy) is 1. The second kappa shape index (κ2) is 6.56. The highest BCUT2D eigenvalue weighted by Crippen LogP contribution is 2.23. The lowest BCUT2D eigenvalue weighted by Crippen LogP contribution is -2.37. The van der Waals surface area contributed by atoms with Gasteiger partial charge in [-0.05, 0) is 31.2 Å². The average Bonchev–Trinajstić information content (AvgIpc) is 2.34. The van der Waals surface area contributed by atoms with Crippen molar-refractivity contribution in [3.05, 3.63) is 29.8 Å². The van der Waals surface area contributed by atoms with E-state index >= 15 is 0 Å². The van der Waals surface area contributed by atoms with E-state index < -0.39 is 6.36 Å². The van der Waals surface area contributed by atoms with Crippen LogP contribution in [0.25, 0.3) is 0 Å². The molecule has 0 saturated heterocycles. The minimum Gasteiger partial charge on any atom is -0.406 e. The first-order chi connectivity index (χ1) is 9.23. The van der Waals surface area contributed by atoms with E-state index in [1.54, 1.807) is 6.92 Å². The topological polar surface area (TPSA) is 55.6 Å². The van der Waals surface area contributed by atoms with E-state index in [9.17, 15) is 18.0 Å². The Bertz CT molecular complexity index is 488. The Morgan fingerprint density at radius 3 is 2.30 bits per heavy atom. The normalized spacial score (nSPS) is 11.0. The number of carbonyl (C=O) groups is 1. The number of benzene rings is 1. The van der Waals surface area contributed by atoms with Crippen LogP contribution in [-0.2, 0) is 0 Å². The van der Waals surface area contributed by atoms with Crippen LogP contribution in [0, 0.1) is 0 Å². The van der Waals surface area contributed by atoms with Gasteiger partial charge in [-0.2, -0.15) is 0 Å². The average molecular weight is 306 g/mol. The monoisotopic (exact) mass is 306 g/mol. The molecule has 0 aliphatic heterocycles. The van der Waals surface area contributed by atoms with Crippen LogP contribution in [0.5, 0.6) is 5.75 Å². The van der Waals surface area contributed by atoms with E-state index in [1.165, 1.54) is 17.0 Å². The first kappa shape index (κ1) is 16.2. The van der Waals surface area contributed by atoms with Gasteiger partial charge in [-0.1, -0.05) is 12.2 Å². The van der Waals surface area contributed by atoms with Crippen LogP contribution in [0.4, 0.5) is 13.2 Å². The van der Waals surface area contributed by atoms with Gasteiger partial charge >= 0.3 is 6.36 Å². The lowest BCUT2D eigenvalue weighted by molar-refractivity contribution is -0.274. The molecule has 0 heterocycles. The van der Waals surface area contributed by atoms with Crippen molar-refractivity contribution in [2.45, 2.75) is 13.3 Å². The zero-order valence-corrected chi connectivity index (χ0v) is 11.4. The Kier molecular flexibility index (Phi) is 5.32. The summed E-state index contributed by atoms with van der Waals surface area (Å²) in [7, 11) is 0. The Morgan fingerprint density at radius 1 is 1.35 bits per heavy atom. The number of carbonyl (C=O) groups excluding carboxylic acids is 1. The van der Waals surface area contributed by atoms with Gasteiger partial charge < -0.3 is 15.4 Å². The Morgan fingerprint density at radius 2 is 1.90 bits per heavy atom. The van der Waals surface area contributed by atoms with Gasteiger partial charge in [-0.15, -0.1) is 13.2 Å². The molecule has 1 amide bonds. The summed E-state index contributed by atoms with van der Waals surface area (Å²) >= 11 is 4.73. The van der Waals surface area contributed by atoms with E-state index in [0.717, 1.165) is 12.1 Å². The molecule has 2 N–H and O–H groups in total. The van der Waals surface area contributed by atoms with Gasteiger partial charge in [0.05, 0.1) is 11.5 Å². The van der Waals surface area contributed by atoms with E-state index in [-0.39, 0.29) is 28.8 Å². The van der Waals surface area contributed by atoms with Crippen molar-refractivity contribution in [2.24, 2.45) is 5.73 Å². The van der Waals surface area contributed by atoms with Crippen LogP contribution < -0.4 is 10.5 Å². The molecule has 20 heavy (non-hydrogen) atoms. The summed E-state index contributed by atoms with van der Waals surface area (Å²) in [6.45, 7) is 2.25. The number of hydrogen-bond donors (Lipinski definition) is 1. The molecule has 0 bridgehead atoms. The van der Waals surface area contributed by atoms with Crippen molar-refractivity contribution >= 4 is 23.1 Å². The van der Waals surface area contributed by atoms with Gasteiger partial charge in [0, 0.05) is 12.1 Å². The van der Waals surface area contributed by atoms with Gasteiger partial charge in [-0.25, -0.2) is 0 Å². The lowest BCUT2D eigenvalue weighted by atomic mass is 10.2. The fourth-order valence-electron chi connectivity index (χ4n) is 1.50. The molecule has 0 radical (unpaired) electrons. The molecule has 0 aliphatic rings. The molecule has 0 fully saturated rings. The Balaban J connectivity index is 2.81. The summed E-state index contributed by atoms with van der Waals surface area (Å²) in [5.41, 5.74) is 5.60. The summed E-state index contributed by atoms with van der Waals surface area (Å²) in [5.74, 6) is -0.745. The largest absolute Gasteiger partial charge is 0.573 e. The van der Waals surface area contributed by atoms with E-state index in [2.05, 4.69) is 4.74 Å². The third kappa shape index (κ3) is 5.04. The number of thiocarbonyl (C=S) groups is 1. The number of nitrogens with two attached hydrogens (primary N) is 1. The molecule has 8 heteroatoms. The molecule has 0 atom stereocenters. The summed E-state index contributed by atoms with van der Waals surface area (Å²) in [6, 6.07) is 4.67. The maximum atomic E-state index is 12.1. The van der Waals surface area contributed by atoms with Crippen LogP contribution >= 0.6 is 12.2 Å². The number of likely N-dealkylation sites (N-methyl/N-ethyl adjacent to an activating group) is 1. The number of nitrogens with zero attached hydrogens (tertiary/aromatic N) is 1. The van der Waals surface area contributed by atoms with E-state index in [0.29, 0.717) is 6.54 Å². The molecule has 0 spiro atoms. The summed E-state index contributed by atoms with van der Waals surface area (Å²) in [6.07, 6.45) is -4.76. The quantitative estimate of drug-likeness (QED) is 0.848. The van der Waals surface area contributed by atoms with Crippen molar-refractivity contribution < 1.29 is 22.7 Å². The van der Waals surface area contributed by atoms with Crippen LogP contribution in [0.15, 0.2) is 24.3 Å². The SMILES string of the molecule is CCN(CC(N)=S)C(=O)c1ccc(OC(F)(F)F)cc1. The molecule has 1 aromatic carbocycles. The van der Waals surface area contributed by atoms with E-state index in [1.807, 2.05) is 0 Å². The minimum atomic E-state index is -4.76. The van der Waals surface area contributed by atoms with Crippen molar-refractivity contribution in [2.75, 3.05) is 13.1 Å². The van der Waals surface area contributed by atoms with E-state index in [4.69, 9.17) is 18.0 Å². The smallest absolute Gasteiger partial charge is 0.406 e. The second-order valence-electron chi connectivity index (χ2n) is 3.86. The molecule has 0 saturated carbocycles. The van der Waals surface area contributed by atoms with Crippen LogP contribution in [0.3, 0.4) is 0 Å². The van der Waals surface area contributed by atoms with Crippen molar-refractivity contribution in [1.29, 1.82) is 0 Å². The van der Waals surface area contributed by atoms with Gasteiger partial charge in [0.1, 0.15) is 5.75 Å². The molecule has 110 valence electrons. The van der Waals surface area contributed by atoms with Crippen LogP contribution in [0.2, 0.25) is 0 Å². The fraction of sp³-hybridized carbons (Fsp3) is 0.333. The number of alkyl halides is 3. The van der Waals surface area contributed by atoms with Gasteiger partial charge in [0.2, 0.25) is 0 Å². The third-order valence-electron chi connectivity index (χ3n) is 2.35. The molecule has 0 aromatic heterocycles. The molecular weight excluding hydrogens is 293 g/mol. The van der Waals surface area contributed by atoms with Crippen molar-refractivity contribution in [1.82, 2.24) is 4.90 Å². The summed E-state index contributed by atoms with van der Waals surface area (Å²) < 4.78 is 39.7. The maximum absolute atomic E-state index is 12.1. The zero-order valence-electron chi connectivity index (χ0n) is 10.6. The Hall–Kier alpha value is -1.83. The third-order valence-corrected chi connectivity index (χ3v) is 2.48. The molecule has 0 unspecified atom stereocenters. The zero-order chi connectivity index (χ0) is 15.3. The second-order valence-corrected chi connectivity index (χ2v) is 4.38. The summed E-state index contributed by atoms with van der Waals surface area (Å²) in [5, 5.41) is 0. The lowest BCUT2D eigenvalue weighted by Gasteiger charge is -2.20. The van der Waals surface area contributed by atoms with Gasteiger partial charge in [0.25, 0.3) is 5.91 Å². The standard InChI is InChI=1S/C12H13F3N2O2S/c1-2-17(7-10(16)20)11(18)8-3-5-9(6-4-8)19-12(13,14)15/h3-6H,2,7H2,1H3,(H2,16,20). The molecule has 4 nitrogen and oxygen atoms in total. The number of hydrogen-bond acceptors (Lipinski definition) is 3. The van der Waals surface area contributed by atoms with Gasteiger partial charge in [0.15, 0.2) is 0 Å². The molecule has 1 aromatic rings. The predicted octanol–water partition coefficient (Wildman–Crippen LogP) is 2.33. The predicted molar refractivity (Wildman–Crippen MR) is 71.5 cm³/mol. The highest BCUT2D eigenvalue weighted by Gasteiger charge is 2.31. The van der Waals surface area contributed by atoms with Crippen molar-refractivity contribution in [3.63, 3.8) is 0 Å². The number of amides is 1. The van der Waals surface area contributed by atoms with Crippen molar-refractivity contribution in [3.8, 4) is 5.75 Å². The summed E-state index contributed by atoms with van der Waals surface area (Å²) in [4.78, 5) is 13.6. The van der Waals surface area contributed by atoms with Crippen LogP contribution in [0.1, 0.15) is 17.3 Å². The first-order valence-electron chi connectivity index (χ1n) is 5.66. The minimum absolute atomic E-state index is 0.117. The van der Waals surface area contributed by atoms with Gasteiger partial charge in [-0.3, -0.25) is 4.79 Å². The number of halogens is 3. The molecular formula is C12H13F3N2O2S. The highest BCUT2D eigenvalue weighted by atomic mass is 32.1. The number of rotatable bonds is 5. The Labute approximate surface area is 119 Å². The highest BCUT2D eigenvalue weighted by molar-refractivity contribution is 7.80. The first-order valence-corrected chi connectivity index (χ1v) is 6.07.